The number of aromatic nitrogens is 2. The van der Waals surface area contributed by atoms with Crippen LogP contribution in [0.5, 0.6) is 0 Å². The molecular weight excluding hydrogens is 367 g/mol. The summed E-state index contributed by atoms with van der Waals surface area (Å²) in [5.74, 6) is -3.06. The zero-order valence-electron chi connectivity index (χ0n) is 12.6. The molecule has 132 valence electrons. The fraction of sp³-hybridized carbons (Fsp3) is 0.231. The molecule has 0 spiro atoms. The van der Waals surface area contributed by atoms with E-state index in [1.54, 1.807) is 19.2 Å². The molecule has 11 heteroatoms. The van der Waals surface area contributed by atoms with Crippen molar-refractivity contribution in [2.45, 2.75) is 11.8 Å². The molecule has 8 nitrogen and oxygen atoms in total. The van der Waals surface area contributed by atoms with Gasteiger partial charge in [-0.15, -0.1) is 0 Å². The van der Waals surface area contributed by atoms with E-state index in [1.165, 1.54) is 13.1 Å². The van der Waals surface area contributed by atoms with E-state index in [0.29, 0.717) is 0 Å². The van der Waals surface area contributed by atoms with Gasteiger partial charge in [0.2, 0.25) is 0 Å². The maximum Gasteiger partial charge on any atom is 0.358 e. The van der Waals surface area contributed by atoms with Gasteiger partial charge in [-0.3, -0.25) is 0 Å². The largest absolute Gasteiger partial charge is 0.477 e. The lowest BCUT2D eigenvalue weighted by molar-refractivity contribution is 0.0509. The van der Waals surface area contributed by atoms with E-state index >= 15 is 0 Å². The number of nitrogens with zero attached hydrogens (tertiary/aromatic N) is 1. The van der Waals surface area contributed by atoms with Gasteiger partial charge in [-0.1, -0.05) is 0 Å². The van der Waals surface area contributed by atoms with Crippen molar-refractivity contribution in [2.24, 2.45) is 7.05 Å². The summed E-state index contributed by atoms with van der Waals surface area (Å²) < 4.78 is 41.1. The summed E-state index contributed by atoms with van der Waals surface area (Å²) in [4.78, 5) is 23.1. The molecule has 0 saturated carbocycles. The van der Waals surface area contributed by atoms with Crippen LogP contribution < -0.4 is 0 Å². The topological polar surface area (TPSA) is 118 Å². The van der Waals surface area contributed by atoms with Crippen molar-refractivity contribution < 1.29 is 32.2 Å². The summed E-state index contributed by atoms with van der Waals surface area (Å²) in [6.45, 7) is 1.62. The van der Waals surface area contributed by atoms with Crippen LogP contribution in [0.4, 0.5) is 4.39 Å². The number of aromatic carboxylic acids is 1. The van der Waals surface area contributed by atoms with Crippen LogP contribution in [0, 0.1) is 5.82 Å². The van der Waals surface area contributed by atoms with Crippen LogP contribution in [0.3, 0.4) is 0 Å². The Labute approximate surface area is 141 Å². The van der Waals surface area contributed by atoms with Gasteiger partial charge in [-0.2, -0.15) is 0 Å². The number of H-pyrrole nitrogens is 1. The SMILES string of the molecule is CCOC(=O)c1c(F)c(S(=O)(=O)Cl)cn1C.O=C(O)c1ccc[nH]1. The predicted molar refractivity (Wildman–Crippen MR) is 82.1 cm³/mol. The van der Waals surface area contributed by atoms with Crippen LogP contribution in [-0.2, 0) is 20.8 Å². The molecular formula is C13H14ClFN2O6S. The second-order valence-corrected chi connectivity index (χ2v) is 6.85. The number of carbonyl (C=O) groups excluding carboxylic acids is 1. The van der Waals surface area contributed by atoms with Crippen molar-refractivity contribution in [3.63, 3.8) is 0 Å². The number of aryl methyl sites for hydroxylation is 1. The van der Waals surface area contributed by atoms with Gasteiger partial charge in [-0.25, -0.2) is 22.4 Å². The fourth-order valence-electron chi connectivity index (χ4n) is 1.64. The molecule has 2 aromatic heterocycles. The number of carbonyl (C=O) groups is 2. The first-order valence-electron chi connectivity index (χ1n) is 6.42. The smallest absolute Gasteiger partial charge is 0.358 e. The summed E-state index contributed by atoms with van der Waals surface area (Å²) >= 11 is 0. The van der Waals surface area contributed by atoms with Gasteiger partial charge < -0.3 is 19.4 Å². The normalized spacial score (nSPS) is 10.7. The van der Waals surface area contributed by atoms with Crippen LogP contribution in [0.2, 0.25) is 0 Å². The second kappa shape index (κ2) is 7.97. The number of ether oxygens (including phenoxy) is 1. The zero-order valence-corrected chi connectivity index (χ0v) is 14.2. The number of nitrogens with one attached hydrogen (secondary N) is 1. The molecule has 0 aliphatic rings. The summed E-state index contributed by atoms with van der Waals surface area (Å²) in [6.07, 6.45) is 2.49. The molecule has 0 amide bonds. The highest BCUT2D eigenvalue weighted by atomic mass is 35.7. The van der Waals surface area contributed by atoms with Gasteiger partial charge >= 0.3 is 11.9 Å². The first kappa shape index (κ1) is 19.7. The number of hydrogen-bond donors (Lipinski definition) is 2. The van der Waals surface area contributed by atoms with Gasteiger partial charge in [0, 0.05) is 30.1 Å². The molecule has 0 aliphatic heterocycles. The first-order valence-corrected chi connectivity index (χ1v) is 8.73. The number of hydrogen-bond acceptors (Lipinski definition) is 5. The lowest BCUT2D eigenvalue weighted by atomic mass is 10.4. The molecule has 0 fully saturated rings. The Bertz CT molecular complexity index is 829. The van der Waals surface area contributed by atoms with Crippen LogP contribution in [0.15, 0.2) is 29.4 Å². The highest BCUT2D eigenvalue weighted by Crippen LogP contribution is 2.23. The van der Waals surface area contributed by atoms with E-state index in [-0.39, 0.29) is 12.3 Å². The molecule has 2 N–H and O–H groups in total. The quantitative estimate of drug-likeness (QED) is 0.618. The molecule has 0 aromatic carbocycles. The molecule has 0 aliphatic carbocycles. The third kappa shape index (κ3) is 4.83. The van der Waals surface area contributed by atoms with Crippen LogP contribution in [0.1, 0.15) is 27.9 Å². The van der Waals surface area contributed by atoms with Crippen molar-refractivity contribution in [1.82, 2.24) is 9.55 Å². The van der Waals surface area contributed by atoms with Gasteiger partial charge in [0.15, 0.2) is 11.5 Å². The zero-order chi connectivity index (χ0) is 18.5. The van der Waals surface area contributed by atoms with Gasteiger partial charge in [0.05, 0.1) is 6.61 Å². The van der Waals surface area contributed by atoms with Crippen molar-refractivity contribution in [3.05, 3.63) is 41.7 Å². The number of esters is 1. The molecule has 0 atom stereocenters. The minimum absolute atomic E-state index is 0.0619. The Balaban J connectivity index is 0.000000300. The Morgan fingerprint density at radius 2 is 2.08 bits per heavy atom. The number of halogens is 2. The number of aromatic amines is 1. The summed E-state index contributed by atoms with van der Waals surface area (Å²) in [6, 6.07) is 3.14. The van der Waals surface area contributed by atoms with E-state index in [9.17, 15) is 22.4 Å². The molecule has 0 bridgehead atoms. The van der Waals surface area contributed by atoms with Crippen molar-refractivity contribution in [1.29, 1.82) is 0 Å². The molecule has 2 heterocycles. The van der Waals surface area contributed by atoms with Gasteiger partial charge in [0.1, 0.15) is 10.6 Å². The van der Waals surface area contributed by atoms with Crippen molar-refractivity contribution in [3.8, 4) is 0 Å². The summed E-state index contributed by atoms with van der Waals surface area (Å²) in [5.41, 5.74) is -0.244. The van der Waals surface area contributed by atoms with E-state index < -0.39 is 37.4 Å². The number of carboxylic acid groups (broad SMARTS) is 1. The first-order chi connectivity index (χ1) is 11.1. The average molecular weight is 381 g/mol. The highest BCUT2D eigenvalue weighted by molar-refractivity contribution is 8.13. The predicted octanol–water partition coefficient (Wildman–Crippen LogP) is 1.98. The lowest BCUT2D eigenvalue weighted by Gasteiger charge is -2.02. The van der Waals surface area contributed by atoms with E-state index in [4.69, 9.17) is 15.8 Å². The minimum Gasteiger partial charge on any atom is -0.477 e. The number of rotatable bonds is 4. The molecule has 2 aromatic rings. The van der Waals surface area contributed by atoms with E-state index in [0.717, 1.165) is 10.8 Å². The highest BCUT2D eigenvalue weighted by Gasteiger charge is 2.27. The van der Waals surface area contributed by atoms with E-state index in [2.05, 4.69) is 9.72 Å². The van der Waals surface area contributed by atoms with Gasteiger partial charge in [0.25, 0.3) is 9.05 Å². The Morgan fingerprint density at radius 1 is 1.46 bits per heavy atom. The molecule has 2 rings (SSSR count). The third-order valence-electron chi connectivity index (χ3n) is 2.65. The monoisotopic (exact) mass is 380 g/mol. The maximum atomic E-state index is 13.6. The van der Waals surface area contributed by atoms with Crippen LogP contribution >= 0.6 is 10.7 Å². The maximum absolute atomic E-state index is 13.6. The van der Waals surface area contributed by atoms with Crippen molar-refractivity contribution in [2.75, 3.05) is 6.61 Å². The number of carboxylic acids is 1. The molecule has 24 heavy (non-hydrogen) atoms. The van der Waals surface area contributed by atoms with E-state index in [1.807, 2.05) is 0 Å². The summed E-state index contributed by atoms with van der Waals surface area (Å²) in [5, 5.41) is 8.24. The Hall–Kier alpha value is -2.33. The average Bonchev–Trinajstić information content (AvgIpc) is 3.07. The molecule has 0 unspecified atom stereocenters. The lowest BCUT2D eigenvalue weighted by Crippen LogP contribution is -2.11. The minimum atomic E-state index is -4.22. The molecule has 0 radical (unpaired) electrons. The molecule has 0 saturated heterocycles. The Morgan fingerprint density at radius 3 is 2.42 bits per heavy atom. The summed E-state index contributed by atoms with van der Waals surface area (Å²) in [7, 11) is 2.10. The third-order valence-corrected chi connectivity index (χ3v) is 3.96. The Kier molecular flexibility index (Phi) is 6.55. The van der Waals surface area contributed by atoms with Gasteiger partial charge in [-0.05, 0) is 19.1 Å². The fourth-order valence-corrected chi connectivity index (χ4v) is 2.55. The van der Waals surface area contributed by atoms with Crippen molar-refractivity contribution >= 4 is 31.7 Å². The standard InChI is InChI=1S/C8H9ClFNO4S.C5H5NO2/c1-3-15-8(12)7-6(10)5(4-11(7)2)16(9,13)14;7-5(8)4-2-1-3-6-4/h4H,3H2,1-2H3;1-3,6H,(H,7,8). The van der Waals surface area contributed by atoms with Crippen LogP contribution in [-0.4, -0.2) is 41.6 Å². The van der Waals surface area contributed by atoms with Crippen LogP contribution in [0.25, 0.3) is 0 Å². The second-order valence-electron chi connectivity index (χ2n) is 4.31.